The van der Waals surface area contributed by atoms with Gasteiger partial charge in [-0.1, -0.05) is 11.2 Å². The first-order valence-corrected chi connectivity index (χ1v) is 6.65. The summed E-state index contributed by atoms with van der Waals surface area (Å²) < 4.78 is 6.07. The van der Waals surface area contributed by atoms with E-state index in [2.05, 4.69) is 36.0 Å². The van der Waals surface area contributed by atoms with E-state index in [0.717, 1.165) is 15.6 Å². The van der Waals surface area contributed by atoms with Crippen LogP contribution < -0.4 is 5.73 Å². The minimum absolute atomic E-state index is 0.364. The van der Waals surface area contributed by atoms with Crippen molar-refractivity contribution in [2.75, 3.05) is 0 Å². The molecule has 0 atom stereocenters. The number of hydrogen-bond acceptors (Lipinski definition) is 6. The first kappa shape index (κ1) is 12.9. The lowest BCUT2D eigenvalue weighted by Gasteiger charge is -1.96. The van der Waals surface area contributed by atoms with E-state index in [9.17, 15) is 0 Å². The van der Waals surface area contributed by atoms with Gasteiger partial charge in [0.25, 0.3) is 5.89 Å². The molecule has 20 heavy (non-hydrogen) atoms. The van der Waals surface area contributed by atoms with Crippen LogP contribution in [-0.4, -0.2) is 20.1 Å². The molecule has 0 aliphatic heterocycles. The van der Waals surface area contributed by atoms with Crippen molar-refractivity contribution in [1.29, 1.82) is 0 Å². The molecule has 0 aliphatic rings. The predicted molar refractivity (Wildman–Crippen MR) is 76.4 cm³/mol. The van der Waals surface area contributed by atoms with Crippen LogP contribution in [0.1, 0.15) is 5.56 Å². The SMILES string of the molecule is NCc1ccc(-c2nc(-c3cncc(Br)c3)no2)nc1. The molecule has 0 radical (unpaired) electrons. The first-order valence-electron chi connectivity index (χ1n) is 5.86. The largest absolute Gasteiger partial charge is 0.332 e. The average Bonchev–Trinajstić information content (AvgIpc) is 2.97. The Balaban J connectivity index is 1.93. The van der Waals surface area contributed by atoms with Gasteiger partial charge in [0.1, 0.15) is 5.69 Å². The van der Waals surface area contributed by atoms with Gasteiger partial charge in [-0.3, -0.25) is 9.97 Å². The normalized spacial score (nSPS) is 10.7. The van der Waals surface area contributed by atoms with Crippen molar-refractivity contribution in [3.05, 3.63) is 46.8 Å². The highest BCUT2D eigenvalue weighted by molar-refractivity contribution is 9.10. The standard InChI is InChI=1S/C13H10BrN5O/c14-10-3-9(6-16-7-10)12-18-13(20-19-12)11-2-1-8(4-15)5-17-11/h1-3,5-7H,4,15H2. The van der Waals surface area contributed by atoms with E-state index in [1.54, 1.807) is 24.7 Å². The molecular weight excluding hydrogens is 322 g/mol. The number of pyridine rings is 2. The molecular formula is C13H10BrN5O. The van der Waals surface area contributed by atoms with Gasteiger partial charge in [-0.05, 0) is 33.6 Å². The van der Waals surface area contributed by atoms with Gasteiger partial charge < -0.3 is 10.3 Å². The number of hydrogen-bond donors (Lipinski definition) is 1. The molecule has 0 aliphatic carbocycles. The van der Waals surface area contributed by atoms with Gasteiger partial charge in [-0.2, -0.15) is 4.98 Å². The van der Waals surface area contributed by atoms with Crippen LogP contribution >= 0.6 is 15.9 Å². The Kier molecular flexibility index (Phi) is 3.53. The molecule has 0 fully saturated rings. The van der Waals surface area contributed by atoms with Crippen molar-refractivity contribution in [2.24, 2.45) is 5.73 Å². The molecule has 0 amide bonds. The minimum atomic E-state index is 0.364. The third-order valence-electron chi connectivity index (χ3n) is 2.67. The van der Waals surface area contributed by atoms with E-state index in [4.69, 9.17) is 10.3 Å². The molecule has 0 spiro atoms. The molecule has 7 heteroatoms. The molecule has 3 aromatic rings. The fraction of sp³-hybridized carbons (Fsp3) is 0.0769. The molecule has 0 unspecified atom stereocenters. The van der Waals surface area contributed by atoms with Crippen LogP contribution in [0.3, 0.4) is 0 Å². The van der Waals surface area contributed by atoms with E-state index < -0.39 is 0 Å². The second-order valence-corrected chi connectivity index (χ2v) is 4.99. The van der Waals surface area contributed by atoms with Gasteiger partial charge in [-0.15, -0.1) is 0 Å². The summed E-state index contributed by atoms with van der Waals surface area (Å²) >= 11 is 3.35. The zero-order valence-corrected chi connectivity index (χ0v) is 11.9. The lowest BCUT2D eigenvalue weighted by molar-refractivity contribution is 0.431. The predicted octanol–water partition coefficient (Wildman–Crippen LogP) is 2.41. The van der Waals surface area contributed by atoms with Crippen LogP contribution in [0.2, 0.25) is 0 Å². The number of nitrogens with zero attached hydrogens (tertiary/aromatic N) is 4. The number of halogens is 1. The number of nitrogens with two attached hydrogens (primary N) is 1. The molecule has 3 aromatic heterocycles. The van der Waals surface area contributed by atoms with Crippen molar-refractivity contribution >= 4 is 15.9 Å². The summed E-state index contributed by atoms with van der Waals surface area (Å²) in [5.41, 5.74) is 7.86. The third-order valence-corrected chi connectivity index (χ3v) is 3.10. The maximum atomic E-state index is 5.53. The molecule has 6 nitrogen and oxygen atoms in total. The molecule has 0 saturated carbocycles. The second-order valence-electron chi connectivity index (χ2n) is 4.07. The maximum Gasteiger partial charge on any atom is 0.276 e. The van der Waals surface area contributed by atoms with Gasteiger partial charge in [-0.25, -0.2) is 0 Å². The van der Waals surface area contributed by atoms with Crippen molar-refractivity contribution in [3.8, 4) is 23.0 Å². The Morgan fingerprint density at radius 1 is 1.20 bits per heavy atom. The van der Waals surface area contributed by atoms with Gasteiger partial charge in [0, 0.05) is 35.2 Å². The van der Waals surface area contributed by atoms with E-state index in [1.165, 1.54) is 0 Å². The second kappa shape index (κ2) is 5.48. The van der Waals surface area contributed by atoms with E-state index in [0.29, 0.717) is 24.0 Å². The quantitative estimate of drug-likeness (QED) is 0.792. The summed E-state index contributed by atoms with van der Waals surface area (Å²) in [6, 6.07) is 5.55. The Labute approximate surface area is 123 Å². The molecule has 2 N–H and O–H groups in total. The van der Waals surface area contributed by atoms with Crippen molar-refractivity contribution in [2.45, 2.75) is 6.54 Å². The van der Waals surface area contributed by atoms with Crippen LogP contribution in [0.5, 0.6) is 0 Å². The minimum Gasteiger partial charge on any atom is -0.332 e. The summed E-state index contributed by atoms with van der Waals surface area (Å²) in [7, 11) is 0. The number of aromatic nitrogens is 4. The van der Waals surface area contributed by atoms with E-state index >= 15 is 0 Å². The summed E-state index contributed by atoms with van der Waals surface area (Å²) in [4.78, 5) is 12.6. The van der Waals surface area contributed by atoms with Crippen molar-refractivity contribution in [3.63, 3.8) is 0 Å². The Morgan fingerprint density at radius 2 is 2.10 bits per heavy atom. The molecule has 0 bridgehead atoms. The Bertz CT molecular complexity index is 726. The summed E-state index contributed by atoms with van der Waals surface area (Å²) in [6.45, 7) is 0.450. The molecule has 0 saturated heterocycles. The zero-order valence-electron chi connectivity index (χ0n) is 10.3. The van der Waals surface area contributed by atoms with Gasteiger partial charge in [0.05, 0.1) is 0 Å². The van der Waals surface area contributed by atoms with Crippen LogP contribution in [0, 0.1) is 0 Å². The third kappa shape index (κ3) is 2.59. The fourth-order valence-electron chi connectivity index (χ4n) is 1.65. The van der Waals surface area contributed by atoms with Crippen molar-refractivity contribution < 1.29 is 4.52 Å². The average molecular weight is 332 g/mol. The smallest absolute Gasteiger partial charge is 0.276 e. The van der Waals surface area contributed by atoms with Crippen LogP contribution in [0.25, 0.3) is 23.0 Å². The Morgan fingerprint density at radius 3 is 2.80 bits per heavy atom. The van der Waals surface area contributed by atoms with Crippen LogP contribution in [-0.2, 0) is 6.54 Å². The van der Waals surface area contributed by atoms with Crippen LogP contribution in [0.15, 0.2) is 45.8 Å². The van der Waals surface area contributed by atoms with Gasteiger partial charge in [0.15, 0.2) is 0 Å². The maximum absolute atomic E-state index is 5.53. The monoisotopic (exact) mass is 331 g/mol. The highest BCUT2D eigenvalue weighted by Crippen LogP contribution is 2.22. The lowest BCUT2D eigenvalue weighted by atomic mass is 10.2. The molecule has 3 rings (SSSR count). The fourth-order valence-corrected chi connectivity index (χ4v) is 2.02. The zero-order chi connectivity index (χ0) is 13.9. The highest BCUT2D eigenvalue weighted by Gasteiger charge is 2.12. The Hall–Kier alpha value is -2.12. The van der Waals surface area contributed by atoms with Gasteiger partial charge in [0.2, 0.25) is 5.82 Å². The molecule has 3 heterocycles. The first-order chi connectivity index (χ1) is 9.76. The molecule has 0 aromatic carbocycles. The van der Waals surface area contributed by atoms with E-state index in [1.807, 2.05) is 12.1 Å². The van der Waals surface area contributed by atoms with E-state index in [-0.39, 0.29) is 0 Å². The highest BCUT2D eigenvalue weighted by atomic mass is 79.9. The lowest BCUT2D eigenvalue weighted by Crippen LogP contribution is -1.96. The molecule has 100 valence electrons. The topological polar surface area (TPSA) is 90.7 Å². The summed E-state index contributed by atoms with van der Waals surface area (Å²) in [6.07, 6.45) is 5.06. The van der Waals surface area contributed by atoms with Crippen LogP contribution in [0.4, 0.5) is 0 Å². The number of rotatable bonds is 3. The summed E-state index contributed by atoms with van der Waals surface area (Å²) in [5, 5.41) is 3.93. The van der Waals surface area contributed by atoms with Crippen molar-refractivity contribution in [1.82, 2.24) is 20.1 Å². The van der Waals surface area contributed by atoms with Gasteiger partial charge >= 0.3 is 0 Å². The summed E-state index contributed by atoms with van der Waals surface area (Å²) in [5.74, 6) is 0.835.